The predicted molar refractivity (Wildman–Crippen MR) is 72.9 cm³/mol. The molecule has 0 aliphatic heterocycles. The summed E-state index contributed by atoms with van der Waals surface area (Å²) in [7, 11) is 0. The van der Waals surface area contributed by atoms with Crippen molar-refractivity contribution in [3.05, 3.63) is 45.1 Å². The number of hydrogen-bond donors (Lipinski definition) is 2. The second-order valence-electron chi connectivity index (χ2n) is 3.57. The van der Waals surface area contributed by atoms with Gasteiger partial charge in [0, 0.05) is 10.7 Å². The number of carbonyl (C=O) groups is 1. The van der Waals surface area contributed by atoms with Crippen molar-refractivity contribution in [2.45, 2.75) is 6.92 Å². The highest BCUT2D eigenvalue weighted by atomic mass is 35.5. The summed E-state index contributed by atoms with van der Waals surface area (Å²) in [6, 6.07) is 7.10. The third kappa shape index (κ3) is 2.43. The molecule has 88 valence electrons. The van der Waals surface area contributed by atoms with E-state index in [9.17, 15) is 4.79 Å². The highest BCUT2D eigenvalue weighted by Crippen LogP contribution is 2.25. The highest BCUT2D eigenvalue weighted by molar-refractivity contribution is 7.12. The van der Waals surface area contributed by atoms with Crippen molar-refractivity contribution in [1.29, 1.82) is 0 Å². The first kappa shape index (κ1) is 12.0. The fourth-order valence-electron chi connectivity index (χ4n) is 1.43. The molecule has 2 rings (SSSR count). The first-order chi connectivity index (χ1) is 8.09. The summed E-state index contributed by atoms with van der Waals surface area (Å²) in [6.07, 6.45) is 0. The van der Waals surface area contributed by atoms with Gasteiger partial charge in [0.2, 0.25) is 0 Å². The van der Waals surface area contributed by atoms with Crippen molar-refractivity contribution in [3.8, 4) is 0 Å². The smallest absolute Gasteiger partial charge is 0.267 e. The van der Waals surface area contributed by atoms with Gasteiger partial charge in [-0.15, -0.1) is 11.3 Å². The van der Waals surface area contributed by atoms with E-state index in [2.05, 4.69) is 5.32 Å². The number of rotatable bonds is 2. The fraction of sp³-hybridized carbons (Fsp3) is 0.0833. The molecule has 0 fully saturated rings. The van der Waals surface area contributed by atoms with Crippen molar-refractivity contribution in [3.63, 3.8) is 0 Å². The minimum Gasteiger partial charge on any atom is -0.397 e. The van der Waals surface area contributed by atoms with E-state index in [1.54, 1.807) is 23.6 Å². The van der Waals surface area contributed by atoms with Gasteiger partial charge in [-0.1, -0.05) is 17.7 Å². The molecule has 1 aromatic carbocycles. The van der Waals surface area contributed by atoms with Crippen LogP contribution >= 0.6 is 22.9 Å². The maximum Gasteiger partial charge on any atom is 0.267 e. The van der Waals surface area contributed by atoms with E-state index in [0.717, 1.165) is 5.56 Å². The standard InChI is InChI=1S/C12H11ClN2OS/c1-7-8(13)3-2-4-10(7)15-12(16)11-9(14)5-6-17-11/h2-6H,14H2,1H3,(H,15,16). The normalized spacial score (nSPS) is 10.2. The van der Waals surface area contributed by atoms with E-state index in [-0.39, 0.29) is 5.91 Å². The molecule has 0 bridgehead atoms. The van der Waals surface area contributed by atoms with Gasteiger partial charge >= 0.3 is 0 Å². The molecule has 1 heterocycles. The molecule has 1 aromatic heterocycles. The van der Waals surface area contributed by atoms with Gasteiger partial charge in [-0.3, -0.25) is 4.79 Å². The molecule has 3 nitrogen and oxygen atoms in total. The maximum absolute atomic E-state index is 11.9. The second-order valence-corrected chi connectivity index (χ2v) is 4.89. The molecular weight excluding hydrogens is 256 g/mol. The second kappa shape index (κ2) is 4.77. The van der Waals surface area contributed by atoms with E-state index in [0.29, 0.717) is 21.3 Å². The minimum atomic E-state index is -0.206. The molecule has 0 unspecified atom stereocenters. The van der Waals surface area contributed by atoms with Crippen molar-refractivity contribution in [2.75, 3.05) is 11.1 Å². The van der Waals surface area contributed by atoms with Crippen LogP contribution in [-0.4, -0.2) is 5.91 Å². The van der Waals surface area contributed by atoms with Crippen LogP contribution in [0.5, 0.6) is 0 Å². The highest BCUT2D eigenvalue weighted by Gasteiger charge is 2.12. The Morgan fingerprint density at radius 2 is 2.18 bits per heavy atom. The number of benzene rings is 1. The number of anilines is 2. The maximum atomic E-state index is 11.9. The number of amides is 1. The van der Waals surface area contributed by atoms with Gasteiger partial charge < -0.3 is 11.1 Å². The Morgan fingerprint density at radius 3 is 2.82 bits per heavy atom. The average molecular weight is 267 g/mol. The van der Waals surface area contributed by atoms with Gasteiger partial charge in [-0.2, -0.15) is 0 Å². The minimum absolute atomic E-state index is 0.206. The number of hydrogen-bond acceptors (Lipinski definition) is 3. The van der Waals surface area contributed by atoms with Crippen LogP contribution in [-0.2, 0) is 0 Å². The van der Waals surface area contributed by atoms with Gasteiger partial charge in [0.05, 0.1) is 5.69 Å². The van der Waals surface area contributed by atoms with Gasteiger partial charge in [-0.05, 0) is 36.1 Å². The number of halogens is 1. The molecule has 0 atom stereocenters. The molecular formula is C12H11ClN2OS. The SMILES string of the molecule is Cc1c(Cl)cccc1NC(=O)c1sccc1N. The van der Waals surface area contributed by atoms with Crippen LogP contribution in [0.25, 0.3) is 0 Å². The quantitative estimate of drug-likeness (QED) is 0.873. The Balaban J connectivity index is 2.25. The first-order valence-corrected chi connectivity index (χ1v) is 6.25. The Hall–Kier alpha value is -1.52. The number of thiophene rings is 1. The van der Waals surface area contributed by atoms with E-state index < -0.39 is 0 Å². The number of nitrogens with one attached hydrogen (secondary N) is 1. The number of nitrogens with two attached hydrogens (primary N) is 1. The van der Waals surface area contributed by atoms with E-state index in [1.807, 2.05) is 13.0 Å². The molecule has 1 amide bonds. The lowest BCUT2D eigenvalue weighted by Gasteiger charge is -2.08. The van der Waals surface area contributed by atoms with Crippen LogP contribution in [0, 0.1) is 6.92 Å². The van der Waals surface area contributed by atoms with Crippen LogP contribution in [0.1, 0.15) is 15.2 Å². The first-order valence-electron chi connectivity index (χ1n) is 4.99. The van der Waals surface area contributed by atoms with Crippen molar-refractivity contribution in [2.24, 2.45) is 0 Å². The van der Waals surface area contributed by atoms with Crippen molar-refractivity contribution < 1.29 is 4.79 Å². The third-order valence-corrected chi connectivity index (χ3v) is 3.76. The molecule has 0 saturated carbocycles. The summed E-state index contributed by atoms with van der Waals surface area (Å²) >= 11 is 7.30. The van der Waals surface area contributed by atoms with E-state index >= 15 is 0 Å². The molecule has 0 aliphatic rings. The molecule has 2 aromatic rings. The topological polar surface area (TPSA) is 55.1 Å². The largest absolute Gasteiger partial charge is 0.397 e. The lowest BCUT2D eigenvalue weighted by atomic mass is 10.2. The Bertz CT molecular complexity index is 565. The molecule has 5 heteroatoms. The molecule has 0 radical (unpaired) electrons. The zero-order valence-electron chi connectivity index (χ0n) is 9.16. The van der Waals surface area contributed by atoms with Crippen LogP contribution in [0.15, 0.2) is 29.6 Å². The van der Waals surface area contributed by atoms with Gasteiger partial charge in [-0.25, -0.2) is 0 Å². The van der Waals surface area contributed by atoms with Crippen LogP contribution in [0.3, 0.4) is 0 Å². The summed E-state index contributed by atoms with van der Waals surface area (Å²) in [5.41, 5.74) is 7.73. The number of carbonyl (C=O) groups excluding carboxylic acids is 1. The predicted octanol–water partition coefficient (Wildman–Crippen LogP) is 3.54. The zero-order chi connectivity index (χ0) is 12.4. The molecule has 0 spiro atoms. The summed E-state index contributed by atoms with van der Waals surface area (Å²) in [4.78, 5) is 12.5. The number of nitrogen functional groups attached to an aromatic ring is 1. The van der Waals surface area contributed by atoms with Crippen LogP contribution in [0.4, 0.5) is 11.4 Å². The molecule has 0 aliphatic carbocycles. The third-order valence-electron chi connectivity index (χ3n) is 2.42. The Kier molecular flexibility index (Phi) is 3.36. The lowest BCUT2D eigenvalue weighted by molar-refractivity contribution is 0.103. The summed E-state index contributed by atoms with van der Waals surface area (Å²) < 4.78 is 0. The van der Waals surface area contributed by atoms with Gasteiger partial charge in [0.25, 0.3) is 5.91 Å². The Labute approximate surface area is 108 Å². The van der Waals surface area contributed by atoms with Crippen LogP contribution < -0.4 is 11.1 Å². The zero-order valence-corrected chi connectivity index (χ0v) is 10.7. The summed E-state index contributed by atoms with van der Waals surface area (Å²) in [5, 5.41) is 5.21. The van der Waals surface area contributed by atoms with Gasteiger partial charge in [0.15, 0.2) is 0 Å². The molecule has 3 N–H and O–H groups in total. The van der Waals surface area contributed by atoms with E-state index in [1.165, 1.54) is 11.3 Å². The summed E-state index contributed by atoms with van der Waals surface area (Å²) in [6.45, 7) is 1.86. The van der Waals surface area contributed by atoms with Crippen molar-refractivity contribution in [1.82, 2.24) is 0 Å². The fourth-order valence-corrected chi connectivity index (χ4v) is 2.31. The van der Waals surface area contributed by atoms with E-state index in [4.69, 9.17) is 17.3 Å². The Morgan fingerprint density at radius 1 is 1.41 bits per heavy atom. The molecule has 17 heavy (non-hydrogen) atoms. The van der Waals surface area contributed by atoms with Crippen LogP contribution in [0.2, 0.25) is 5.02 Å². The van der Waals surface area contributed by atoms with Gasteiger partial charge in [0.1, 0.15) is 4.88 Å². The monoisotopic (exact) mass is 266 g/mol. The van der Waals surface area contributed by atoms with Crippen molar-refractivity contribution >= 4 is 40.2 Å². The lowest BCUT2D eigenvalue weighted by Crippen LogP contribution is -2.12. The average Bonchev–Trinajstić information content (AvgIpc) is 2.71. The summed E-state index contributed by atoms with van der Waals surface area (Å²) in [5.74, 6) is -0.206. The molecule has 0 saturated heterocycles.